The number of aromatic nitrogens is 2. The molecule has 2 heterocycles. The zero-order chi connectivity index (χ0) is 16.2. The molecule has 0 N–H and O–H groups in total. The molecule has 1 aliphatic rings. The van der Waals surface area contributed by atoms with Crippen molar-refractivity contribution in [3.05, 3.63) is 11.3 Å². The molecule has 1 aliphatic heterocycles. The molecule has 1 aromatic heterocycles. The molecule has 0 bridgehead atoms. The molecule has 7 heteroatoms. The molecule has 0 aliphatic carbocycles. The van der Waals surface area contributed by atoms with E-state index in [4.69, 9.17) is 21.1 Å². The number of imidazole rings is 1. The van der Waals surface area contributed by atoms with Gasteiger partial charge in [-0.1, -0.05) is 31.2 Å². The zero-order valence-corrected chi connectivity index (χ0v) is 15.9. The molecule has 0 radical (unpaired) electrons. The van der Waals surface area contributed by atoms with Crippen LogP contribution < -0.4 is 4.74 Å². The van der Waals surface area contributed by atoms with Crippen LogP contribution in [0.25, 0.3) is 0 Å². The maximum Gasteiger partial charge on any atom is 0.299 e. The largest absolute Gasteiger partial charge is 0.461 e. The number of nitrogens with zero attached hydrogens (tertiary/aromatic N) is 3. The summed E-state index contributed by atoms with van der Waals surface area (Å²) in [5, 5.41) is 0.455. The molecule has 0 spiro atoms. The molecule has 0 atom stereocenters. The second-order valence-corrected chi connectivity index (χ2v) is 13.3. The Bertz CT molecular complexity index is 468. The van der Waals surface area contributed by atoms with E-state index in [-0.39, 0.29) is 6.10 Å². The van der Waals surface area contributed by atoms with Crippen LogP contribution in [0.4, 0.5) is 0 Å². The molecule has 0 aromatic carbocycles. The topological polar surface area (TPSA) is 39.5 Å². The number of ether oxygens (including phenoxy) is 2. The molecule has 0 unspecified atom stereocenters. The standard InChI is InChI=1S/C15H28ClN3O2Si/c1-18-7-5-13(6-8-18)21-15-17-14(16)11-19(15)12-20-9-10-22(2,3)4/h11,13H,5-10,12H2,1-4H3. The summed E-state index contributed by atoms with van der Waals surface area (Å²) in [4.78, 5) is 6.59. The third-order valence-electron chi connectivity index (χ3n) is 3.87. The van der Waals surface area contributed by atoms with Gasteiger partial charge in [0.2, 0.25) is 0 Å². The Balaban J connectivity index is 1.84. The molecule has 126 valence electrons. The van der Waals surface area contributed by atoms with E-state index in [1.165, 1.54) is 0 Å². The monoisotopic (exact) mass is 345 g/mol. The van der Waals surface area contributed by atoms with Gasteiger partial charge in [0, 0.05) is 34.0 Å². The van der Waals surface area contributed by atoms with Crippen LogP contribution in [-0.4, -0.2) is 55.4 Å². The summed E-state index contributed by atoms with van der Waals surface area (Å²) < 4.78 is 13.7. The van der Waals surface area contributed by atoms with E-state index in [1.807, 2.05) is 4.57 Å². The Morgan fingerprint density at radius 1 is 1.32 bits per heavy atom. The lowest BCUT2D eigenvalue weighted by atomic mass is 10.1. The van der Waals surface area contributed by atoms with Gasteiger partial charge in [0.25, 0.3) is 6.01 Å². The molecule has 1 fully saturated rings. The van der Waals surface area contributed by atoms with E-state index in [0.717, 1.165) is 38.6 Å². The number of halogens is 1. The lowest BCUT2D eigenvalue weighted by Crippen LogP contribution is -2.36. The maximum atomic E-state index is 6.02. The molecule has 22 heavy (non-hydrogen) atoms. The van der Waals surface area contributed by atoms with Gasteiger partial charge in [-0.15, -0.1) is 0 Å². The van der Waals surface area contributed by atoms with Gasteiger partial charge in [-0.05, 0) is 25.9 Å². The number of hydrogen-bond donors (Lipinski definition) is 0. The quantitative estimate of drug-likeness (QED) is 0.561. The summed E-state index contributed by atoms with van der Waals surface area (Å²) in [5.41, 5.74) is 0. The number of likely N-dealkylation sites (tertiary alicyclic amines) is 1. The van der Waals surface area contributed by atoms with Gasteiger partial charge in [-0.3, -0.25) is 4.57 Å². The van der Waals surface area contributed by atoms with E-state index in [2.05, 4.69) is 36.6 Å². The van der Waals surface area contributed by atoms with Crippen molar-refractivity contribution < 1.29 is 9.47 Å². The van der Waals surface area contributed by atoms with E-state index >= 15 is 0 Å². The summed E-state index contributed by atoms with van der Waals surface area (Å²) in [6.07, 6.45) is 4.05. The highest BCUT2D eigenvalue weighted by molar-refractivity contribution is 6.76. The SMILES string of the molecule is CN1CCC(Oc2nc(Cl)cn2COCC[Si](C)(C)C)CC1. The maximum absolute atomic E-state index is 6.02. The van der Waals surface area contributed by atoms with Crippen molar-refractivity contribution in [2.45, 2.75) is 51.4 Å². The van der Waals surface area contributed by atoms with Crippen LogP contribution in [0.2, 0.25) is 30.8 Å². The van der Waals surface area contributed by atoms with Crippen LogP contribution in [0.3, 0.4) is 0 Å². The second-order valence-electron chi connectivity index (χ2n) is 7.28. The van der Waals surface area contributed by atoms with Crippen LogP contribution in [0, 0.1) is 0 Å². The Labute approximate surface area is 139 Å². The van der Waals surface area contributed by atoms with E-state index < -0.39 is 8.07 Å². The third-order valence-corrected chi connectivity index (χ3v) is 5.76. The van der Waals surface area contributed by atoms with Crippen LogP contribution in [0.1, 0.15) is 12.8 Å². The Hall–Kier alpha value is -0.563. The van der Waals surface area contributed by atoms with Gasteiger partial charge in [0.05, 0.1) is 0 Å². The normalized spacial score (nSPS) is 17.9. The highest BCUT2D eigenvalue weighted by Gasteiger charge is 2.20. The molecular weight excluding hydrogens is 318 g/mol. The van der Waals surface area contributed by atoms with E-state index in [0.29, 0.717) is 17.9 Å². The van der Waals surface area contributed by atoms with Crippen LogP contribution in [0.5, 0.6) is 6.01 Å². The lowest BCUT2D eigenvalue weighted by Gasteiger charge is -2.28. The Morgan fingerprint density at radius 3 is 2.64 bits per heavy atom. The van der Waals surface area contributed by atoms with Crippen molar-refractivity contribution in [3.63, 3.8) is 0 Å². The first-order valence-electron chi connectivity index (χ1n) is 7.99. The Kier molecular flexibility index (Phi) is 6.32. The van der Waals surface area contributed by atoms with Gasteiger partial charge >= 0.3 is 0 Å². The van der Waals surface area contributed by atoms with Gasteiger partial charge in [-0.25, -0.2) is 0 Å². The van der Waals surface area contributed by atoms with Gasteiger partial charge in [0.15, 0.2) is 5.15 Å². The summed E-state index contributed by atoms with van der Waals surface area (Å²) in [6, 6.07) is 1.73. The molecule has 5 nitrogen and oxygen atoms in total. The fourth-order valence-corrected chi connectivity index (χ4v) is 3.29. The van der Waals surface area contributed by atoms with Crippen LogP contribution in [-0.2, 0) is 11.5 Å². The first-order chi connectivity index (χ1) is 10.3. The van der Waals surface area contributed by atoms with Crippen molar-refractivity contribution >= 4 is 19.7 Å². The first kappa shape index (κ1) is 17.8. The van der Waals surface area contributed by atoms with Gasteiger partial charge in [0.1, 0.15) is 12.8 Å². The average molecular weight is 346 g/mol. The lowest BCUT2D eigenvalue weighted by molar-refractivity contribution is 0.0611. The molecule has 2 rings (SSSR count). The summed E-state index contributed by atoms with van der Waals surface area (Å²) in [7, 11) is 1.08. The minimum absolute atomic E-state index is 0.218. The van der Waals surface area contributed by atoms with Crippen LogP contribution >= 0.6 is 11.6 Å². The summed E-state index contributed by atoms with van der Waals surface area (Å²) >= 11 is 6.02. The minimum atomic E-state index is -1.06. The third kappa shape index (κ3) is 5.91. The number of rotatable bonds is 7. The number of piperidine rings is 1. The van der Waals surface area contributed by atoms with E-state index in [9.17, 15) is 0 Å². The van der Waals surface area contributed by atoms with Crippen molar-refractivity contribution in [2.75, 3.05) is 26.7 Å². The Morgan fingerprint density at radius 2 is 2.00 bits per heavy atom. The highest BCUT2D eigenvalue weighted by Crippen LogP contribution is 2.21. The summed E-state index contributed by atoms with van der Waals surface area (Å²) in [6.45, 7) is 10.4. The predicted molar refractivity (Wildman–Crippen MR) is 92.5 cm³/mol. The molecule has 1 aromatic rings. The van der Waals surface area contributed by atoms with Gasteiger partial charge in [-0.2, -0.15) is 4.98 Å². The zero-order valence-electron chi connectivity index (χ0n) is 14.1. The van der Waals surface area contributed by atoms with Crippen molar-refractivity contribution in [1.82, 2.24) is 14.5 Å². The average Bonchev–Trinajstić information content (AvgIpc) is 2.76. The molecule has 0 saturated carbocycles. The van der Waals surface area contributed by atoms with Crippen molar-refractivity contribution in [1.29, 1.82) is 0 Å². The number of hydrogen-bond acceptors (Lipinski definition) is 4. The van der Waals surface area contributed by atoms with Crippen molar-refractivity contribution in [2.24, 2.45) is 0 Å². The second kappa shape index (κ2) is 7.81. The van der Waals surface area contributed by atoms with E-state index in [1.54, 1.807) is 6.20 Å². The molecule has 0 amide bonds. The smallest absolute Gasteiger partial charge is 0.299 e. The van der Waals surface area contributed by atoms with Crippen LogP contribution in [0.15, 0.2) is 6.20 Å². The fraction of sp³-hybridized carbons (Fsp3) is 0.800. The molecule has 1 saturated heterocycles. The minimum Gasteiger partial charge on any atom is -0.461 e. The summed E-state index contributed by atoms with van der Waals surface area (Å²) in [5.74, 6) is 0. The van der Waals surface area contributed by atoms with Crippen molar-refractivity contribution in [3.8, 4) is 6.01 Å². The first-order valence-corrected chi connectivity index (χ1v) is 12.1. The fourth-order valence-electron chi connectivity index (χ4n) is 2.35. The molecular formula is C15H28ClN3O2Si. The van der Waals surface area contributed by atoms with Gasteiger partial charge < -0.3 is 14.4 Å². The highest BCUT2D eigenvalue weighted by atomic mass is 35.5. The predicted octanol–water partition coefficient (Wildman–Crippen LogP) is 3.32.